The summed E-state index contributed by atoms with van der Waals surface area (Å²) in [7, 11) is 0. The summed E-state index contributed by atoms with van der Waals surface area (Å²) in [5.41, 5.74) is 7.69. The monoisotopic (exact) mass is 252 g/mol. The number of rotatable bonds is 3. The zero-order chi connectivity index (χ0) is 10.6. The average Bonchev–Trinajstić information content (AvgIpc) is 2.18. The van der Waals surface area contributed by atoms with Crippen LogP contribution in [0, 0.1) is 11.3 Å². The molecule has 2 N–H and O–H groups in total. The summed E-state index contributed by atoms with van der Waals surface area (Å²) in [6.45, 7) is 2.11. The molecule has 0 aromatic heterocycles. The van der Waals surface area contributed by atoms with Crippen LogP contribution >= 0.6 is 15.9 Å². The van der Waals surface area contributed by atoms with E-state index in [0.29, 0.717) is 5.56 Å². The van der Waals surface area contributed by atoms with E-state index in [2.05, 4.69) is 28.9 Å². The second-order valence-electron chi connectivity index (χ2n) is 3.25. The maximum absolute atomic E-state index is 8.74. The van der Waals surface area contributed by atoms with Crippen molar-refractivity contribution in [3.8, 4) is 6.07 Å². The Bertz CT molecular complexity index is 355. The van der Waals surface area contributed by atoms with Crippen LogP contribution in [0.15, 0.2) is 22.7 Å². The van der Waals surface area contributed by atoms with Crippen molar-refractivity contribution in [1.29, 1.82) is 5.26 Å². The molecule has 0 saturated carbocycles. The van der Waals surface area contributed by atoms with Crippen LogP contribution in [0.25, 0.3) is 0 Å². The van der Waals surface area contributed by atoms with Crippen molar-refractivity contribution in [3.63, 3.8) is 0 Å². The van der Waals surface area contributed by atoms with Gasteiger partial charge in [0, 0.05) is 10.5 Å². The van der Waals surface area contributed by atoms with Crippen molar-refractivity contribution in [2.24, 2.45) is 5.73 Å². The Hall–Kier alpha value is -0.850. The van der Waals surface area contributed by atoms with Crippen molar-refractivity contribution < 1.29 is 0 Å². The van der Waals surface area contributed by atoms with Crippen LogP contribution < -0.4 is 5.73 Å². The summed E-state index contributed by atoms with van der Waals surface area (Å²) in [5.74, 6) is 0. The third kappa shape index (κ3) is 2.57. The SMILES string of the molecule is CCCC(N)c1ccc(C#N)c(Br)c1. The molecule has 0 heterocycles. The van der Waals surface area contributed by atoms with Gasteiger partial charge in [0.2, 0.25) is 0 Å². The fourth-order valence-electron chi connectivity index (χ4n) is 1.33. The standard InChI is InChI=1S/C11H13BrN2/c1-2-3-11(14)8-4-5-9(7-13)10(12)6-8/h4-6,11H,2-3,14H2,1H3. The molecule has 0 bridgehead atoms. The Morgan fingerprint density at radius 3 is 2.79 bits per heavy atom. The Kier molecular flexibility index (Phi) is 4.12. The predicted molar refractivity (Wildman–Crippen MR) is 60.7 cm³/mol. The van der Waals surface area contributed by atoms with E-state index in [1.54, 1.807) is 6.07 Å². The summed E-state index contributed by atoms with van der Waals surface area (Å²) in [4.78, 5) is 0. The lowest BCUT2D eigenvalue weighted by Crippen LogP contribution is -2.09. The first-order valence-corrected chi connectivity index (χ1v) is 5.43. The summed E-state index contributed by atoms with van der Waals surface area (Å²) in [5, 5.41) is 8.74. The largest absolute Gasteiger partial charge is 0.324 e. The van der Waals surface area contributed by atoms with Gasteiger partial charge in [-0.1, -0.05) is 19.4 Å². The molecule has 1 rings (SSSR count). The first-order valence-electron chi connectivity index (χ1n) is 4.64. The first kappa shape index (κ1) is 11.2. The summed E-state index contributed by atoms with van der Waals surface area (Å²) in [6, 6.07) is 7.83. The van der Waals surface area contributed by atoms with Crippen molar-refractivity contribution in [2.75, 3.05) is 0 Å². The van der Waals surface area contributed by atoms with Gasteiger partial charge >= 0.3 is 0 Å². The van der Waals surface area contributed by atoms with Crippen LogP contribution in [0.4, 0.5) is 0 Å². The average molecular weight is 253 g/mol. The van der Waals surface area contributed by atoms with Gasteiger partial charge in [-0.25, -0.2) is 0 Å². The molecule has 1 aromatic rings. The molecule has 1 atom stereocenters. The van der Waals surface area contributed by atoms with Gasteiger partial charge in [-0.3, -0.25) is 0 Å². The molecule has 0 radical (unpaired) electrons. The lowest BCUT2D eigenvalue weighted by molar-refractivity contribution is 0.638. The van der Waals surface area contributed by atoms with E-state index in [0.717, 1.165) is 22.9 Å². The Balaban J connectivity index is 2.92. The van der Waals surface area contributed by atoms with Gasteiger partial charge in [-0.15, -0.1) is 0 Å². The van der Waals surface area contributed by atoms with Gasteiger partial charge in [-0.2, -0.15) is 5.26 Å². The molecular formula is C11H13BrN2. The van der Waals surface area contributed by atoms with Crippen molar-refractivity contribution in [1.82, 2.24) is 0 Å². The third-order valence-electron chi connectivity index (χ3n) is 2.14. The molecular weight excluding hydrogens is 240 g/mol. The fourth-order valence-corrected chi connectivity index (χ4v) is 1.82. The molecule has 3 heteroatoms. The summed E-state index contributed by atoms with van der Waals surface area (Å²) < 4.78 is 0.823. The van der Waals surface area contributed by atoms with E-state index in [4.69, 9.17) is 11.0 Å². The number of hydrogen-bond donors (Lipinski definition) is 1. The van der Waals surface area contributed by atoms with Crippen molar-refractivity contribution in [2.45, 2.75) is 25.8 Å². The van der Waals surface area contributed by atoms with Gasteiger partial charge in [-0.05, 0) is 40.0 Å². The maximum atomic E-state index is 8.74. The number of nitrogens with two attached hydrogens (primary N) is 1. The molecule has 0 aliphatic carbocycles. The topological polar surface area (TPSA) is 49.8 Å². The molecule has 14 heavy (non-hydrogen) atoms. The Morgan fingerprint density at radius 2 is 2.29 bits per heavy atom. The van der Waals surface area contributed by atoms with Gasteiger partial charge in [0.1, 0.15) is 6.07 Å². The highest BCUT2D eigenvalue weighted by atomic mass is 79.9. The predicted octanol–water partition coefficient (Wildman–Crippen LogP) is 3.12. The van der Waals surface area contributed by atoms with Gasteiger partial charge in [0.05, 0.1) is 5.56 Å². The van der Waals surface area contributed by atoms with Crippen LogP contribution in [-0.4, -0.2) is 0 Å². The molecule has 74 valence electrons. The van der Waals surface area contributed by atoms with Crippen LogP contribution in [0.2, 0.25) is 0 Å². The smallest absolute Gasteiger partial charge is 0.100 e. The van der Waals surface area contributed by atoms with E-state index in [-0.39, 0.29) is 6.04 Å². The van der Waals surface area contributed by atoms with Crippen LogP contribution in [0.5, 0.6) is 0 Å². The number of nitriles is 1. The highest BCUT2D eigenvalue weighted by Crippen LogP contribution is 2.22. The van der Waals surface area contributed by atoms with Gasteiger partial charge < -0.3 is 5.73 Å². The fraction of sp³-hybridized carbons (Fsp3) is 0.364. The minimum atomic E-state index is 0.0732. The van der Waals surface area contributed by atoms with E-state index < -0.39 is 0 Å². The lowest BCUT2D eigenvalue weighted by Gasteiger charge is -2.11. The second kappa shape index (κ2) is 5.14. The van der Waals surface area contributed by atoms with Crippen LogP contribution in [0.1, 0.15) is 36.9 Å². The molecule has 0 aliphatic heterocycles. The quantitative estimate of drug-likeness (QED) is 0.899. The maximum Gasteiger partial charge on any atom is 0.100 e. The first-order chi connectivity index (χ1) is 6.69. The summed E-state index contributed by atoms with van der Waals surface area (Å²) in [6.07, 6.45) is 2.04. The second-order valence-corrected chi connectivity index (χ2v) is 4.10. The van der Waals surface area contributed by atoms with Gasteiger partial charge in [0.25, 0.3) is 0 Å². The minimum Gasteiger partial charge on any atom is -0.324 e. The summed E-state index contributed by atoms with van der Waals surface area (Å²) >= 11 is 3.35. The third-order valence-corrected chi connectivity index (χ3v) is 2.80. The molecule has 1 aromatic carbocycles. The number of halogens is 1. The molecule has 0 spiro atoms. The minimum absolute atomic E-state index is 0.0732. The van der Waals surface area contributed by atoms with Crippen LogP contribution in [0.3, 0.4) is 0 Å². The van der Waals surface area contributed by atoms with E-state index in [1.165, 1.54) is 0 Å². The zero-order valence-electron chi connectivity index (χ0n) is 8.13. The molecule has 0 amide bonds. The normalized spacial score (nSPS) is 12.1. The highest BCUT2D eigenvalue weighted by molar-refractivity contribution is 9.10. The van der Waals surface area contributed by atoms with Crippen LogP contribution in [-0.2, 0) is 0 Å². The molecule has 1 unspecified atom stereocenters. The molecule has 0 saturated heterocycles. The van der Waals surface area contributed by atoms with Crippen molar-refractivity contribution in [3.05, 3.63) is 33.8 Å². The Morgan fingerprint density at radius 1 is 1.57 bits per heavy atom. The molecule has 0 aliphatic rings. The zero-order valence-corrected chi connectivity index (χ0v) is 9.71. The molecule has 2 nitrogen and oxygen atoms in total. The molecule has 0 fully saturated rings. The lowest BCUT2D eigenvalue weighted by atomic mass is 10.0. The number of benzene rings is 1. The van der Waals surface area contributed by atoms with E-state index >= 15 is 0 Å². The van der Waals surface area contributed by atoms with Crippen molar-refractivity contribution >= 4 is 15.9 Å². The number of hydrogen-bond acceptors (Lipinski definition) is 2. The van der Waals surface area contributed by atoms with Gasteiger partial charge in [0.15, 0.2) is 0 Å². The number of nitrogens with zero attached hydrogens (tertiary/aromatic N) is 1. The Labute approximate surface area is 92.9 Å². The van der Waals surface area contributed by atoms with E-state index in [9.17, 15) is 0 Å². The highest BCUT2D eigenvalue weighted by Gasteiger charge is 2.06. The van der Waals surface area contributed by atoms with E-state index in [1.807, 2.05) is 12.1 Å².